The summed E-state index contributed by atoms with van der Waals surface area (Å²) in [7, 11) is 1.39. The molecule has 0 spiro atoms. The van der Waals surface area contributed by atoms with Crippen LogP contribution in [0.25, 0.3) is 10.8 Å². The molecule has 0 saturated heterocycles. The second-order valence-electron chi connectivity index (χ2n) is 6.56. The van der Waals surface area contributed by atoms with E-state index in [1.54, 1.807) is 25.4 Å². The van der Waals surface area contributed by atoms with E-state index < -0.39 is 30.3 Å². The van der Waals surface area contributed by atoms with Crippen LogP contribution in [0.15, 0.2) is 36.7 Å². The van der Waals surface area contributed by atoms with Gasteiger partial charge in [0.05, 0.1) is 16.8 Å². The Morgan fingerprint density at radius 1 is 1.13 bits per heavy atom. The topological polar surface area (TPSA) is 131 Å². The average molecular weight is 437 g/mol. The molecule has 156 valence electrons. The van der Waals surface area contributed by atoms with Gasteiger partial charge in [0.25, 0.3) is 17.7 Å². The maximum absolute atomic E-state index is 12.4. The highest BCUT2D eigenvalue weighted by molar-refractivity contribution is 7.16. The van der Waals surface area contributed by atoms with Crippen LogP contribution >= 0.6 is 11.3 Å². The molecule has 1 N–H and O–H groups in total. The number of carbonyl (C=O) groups is 4. The van der Waals surface area contributed by atoms with Crippen LogP contribution in [-0.4, -0.2) is 57.2 Å². The number of nitrogens with one attached hydrogen (secondary N) is 1. The molecular formula is C20H15N5O5S. The standard InChI is InChI=1S/C20H15N5O5S/c1-10-15(31-17(23-10)16-21-6-3-7-22-16)20(29)30-9-14(26)24-11-4-5-12-13(8-11)19(28)25(2)18(12)27/h3-8H,9H2,1-2H3,(H,24,26). The van der Waals surface area contributed by atoms with Crippen molar-refractivity contribution in [3.63, 3.8) is 0 Å². The lowest BCUT2D eigenvalue weighted by molar-refractivity contribution is -0.119. The molecule has 31 heavy (non-hydrogen) atoms. The maximum atomic E-state index is 12.4. The van der Waals surface area contributed by atoms with Gasteiger partial charge < -0.3 is 10.1 Å². The first-order valence-corrected chi connectivity index (χ1v) is 9.85. The van der Waals surface area contributed by atoms with Gasteiger partial charge >= 0.3 is 5.97 Å². The Balaban J connectivity index is 1.39. The zero-order chi connectivity index (χ0) is 22.1. The molecule has 11 heteroatoms. The van der Waals surface area contributed by atoms with Crippen LogP contribution in [0.2, 0.25) is 0 Å². The highest BCUT2D eigenvalue weighted by Gasteiger charge is 2.32. The molecule has 0 saturated carbocycles. The van der Waals surface area contributed by atoms with Crippen LogP contribution in [0, 0.1) is 6.92 Å². The van der Waals surface area contributed by atoms with E-state index in [9.17, 15) is 19.2 Å². The highest BCUT2D eigenvalue weighted by atomic mass is 32.1. The summed E-state index contributed by atoms with van der Waals surface area (Å²) in [5, 5.41) is 3.01. The Bertz CT molecular complexity index is 1220. The summed E-state index contributed by atoms with van der Waals surface area (Å²) in [4.78, 5) is 62.3. The smallest absolute Gasteiger partial charge is 0.350 e. The molecule has 0 aliphatic carbocycles. The van der Waals surface area contributed by atoms with Crippen LogP contribution in [0.5, 0.6) is 0 Å². The van der Waals surface area contributed by atoms with E-state index in [1.165, 1.54) is 25.2 Å². The first-order chi connectivity index (χ1) is 14.8. The summed E-state index contributed by atoms with van der Waals surface area (Å²) in [5.41, 5.74) is 1.24. The van der Waals surface area contributed by atoms with Crippen LogP contribution in [0.3, 0.4) is 0 Å². The first kappa shape index (κ1) is 20.3. The third kappa shape index (κ3) is 3.90. The Hall–Kier alpha value is -3.99. The van der Waals surface area contributed by atoms with E-state index in [0.29, 0.717) is 22.2 Å². The second kappa shape index (κ2) is 8.03. The number of ether oxygens (including phenoxy) is 1. The fraction of sp³-hybridized carbons (Fsp3) is 0.150. The largest absolute Gasteiger partial charge is 0.451 e. The number of imide groups is 1. The van der Waals surface area contributed by atoms with Gasteiger partial charge in [-0.05, 0) is 31.2 Å². The molecule has 1 aliphatic rings. The molecule has 1 aromatic carbocycles. The fourth-order valence-electron chi connectivity index (χ4n) is 2.92. The Labute approximate surface area is 179 Å². The number of fused-ring (bicyclic) bond motifs is 1. The van der Waals surface area contributed by atoms with Gasteiger partial charge in [0.15, 0.2) is 17.4 Å². The summed E-state index contributed by atoms with van der Waals surface area (Å²) < 4.78 is 5.09. The van der Waals surface area contributed by atoms with Gasteiger partial charge in [-0.15, -0.1) is 11.3 Å². The van der Waals surface area contributed by atoms with Crippen molar-refractivity contribution < 1.29 is 23.9 Å². The average Bonchev–Trinajstić information content (AvgIpc) is 3.26. The number of amides is 3. The van der Waals surface area contributed by atoms with Crippen molar-refractivity contribution in [2.45, 2.75) is 6.92 Å². The summed E-state index contributed by atoms with van der Waals surface area (Å²) in [6.45, 7) is 1.12. The van der Waals surface area contributed by atoms with Gasteiger partial charge in [0.2, 0.25) is 0 Å². The van der Waals surface area contributed by atoms with Crippen molar-refractivity contribution in [2.24, 2.45) is 0 Å². The lowest BCUT2D eigenvalue weighted by Gasteiger charge is -2.07. The summed E-state index contributed by atoms with van der Waals surface area (Å²) in [6, 6.07) is 6.06. The van der Waals surface area contributed by atoms with E-state index in [-0.39, 0.29) is 16.0 Å². The number of aromatic nitrogens is 3. The summed E-state index contributed by atoms with van der Waals surface area (Å²) in [6.07, 6.45) is 3.14. The number of benzene rings is 1. The monoisotopic (exact) mass is 437 g/mol. The number of rotatable bonds is 5. The Kier molecular flexibility index (Phi) is 5.26. The van der Waals surface area contributed by atoms with E-state index in [0.717, 1.165) is 16.2 Å². The number of carbonyl (C=O) groups excluding carboxylic acids is 4. The number of thiazole rings is 1. The second-order valence-corrected chi connectivity index (χ2v) is 7.56. The molecular weight excluding hydrogens is 422 g/mol. The molecule has 3 aromatic rings. The number of anilines is 1. The predicted octanol–water partition coefficient (Wildman–Crippen LogP) is 1.93. The zero-order valence-electron chi connectivity index (χ0n) is 16.4. The molecule has 3 heterocycles. The predicted molar refractivity (Wildman–Crippen MR) is 110 cm³/mol. The number of nitrogens with zero attached hydrogens (tertiary/aromatic N) is 4. The Morgan fingerprint density at radius 2 is 1.84 bits per heavy atom. The summed E-state index contributed by atoms with van der Waals surface area (Å²) in [5.74, 6) is -1.73. The lowest BCUT2D eigenvalue weighted by Crippen LogP contribution is -2.24. The van der Waals surface area contributed by atoms with Gasteiger partial charge in [-0.2, -0.15) is 0 Å². The van der Waals surface area contributed by atoms with Gasteiger partial charge in [-0.3, -0.25) is 19.3 Å². The third-order valence-corrected chi connectivity index (χ3v) is 5.58. The number of hydrogen-bond acceptors (Lipinski definition) is 9. The number of aryl methyl sites for hydroxylation is 1. The lowest BCUT2D eigenvalue weighted by atomic mass is 10.1. The first-order valence-electron chi connectivity index (χ1n) is 9.03. The van der Waals surface area contributed by atoms with Gasteiger partial charge in [-0.1, -0.05) is 0 Å². The van der Waals surface area contributed by atoms with E-state index in [2.05, 4.69) is 20.3 Å². The third-order valence-electron chi connectivity index (χ3n) is 4.45. The SMILES string of the molecule is Cc1nc(-c2ncccn2)sc1C(=O)OCC(=O)Nc1ccc2c(c1)C(=O)N(C)C2=O. The molecule has 3 amide bonds. The molecule has 1 aliphatic heterocycles. The van der Waals surface area contributed by atoms with E-state index in [1.807, 2.05) is 0 Å². The van der Waals surface area contributed by atoms with Crippen molar-refractivity contribution in [3.05, 3.63) is 58.4 Å². The molecule has 0 radical (unpaired) electrons. The van der Waals surface area contributed by atoms with Gasteiger partial charge in [0, 0.05) is 25.1 Å². The molecule has 0 unspecified atom stereocenters. The number of esters is 1. The van der Waals surface area contributed by atoms with Crippen molar-refractivity contribution >= 4 is 40.7 Å². The molecule has 4 rings (SSSR count). The van der Waals surface area contributed by atoms with E-state index >= 15 is 0 Å². The zero-order valence-corrected chi connectivity index (χ0v) is 17.2. The van der Waals surface area contributed by atoms with Crippen molar-refractivity contribution in [3.8, 4) is 10.8 Å². The molecule has 0 fully saturated rings. The molecule has 10 nitrogen and oxygen atoms in total. The maximum Gasteiger partial charge on any atom is 0.350 e. The molecule has 2 aromatic heterocycles. The van der Waals surface area contributed by atoms with Crippen LogP contribution in [0.1, 0.15) is 36.1 Å². The van der Waals surface area contributed by atoms with Crippen LogP contribution in [-0.2, 0) is 9.53 Å². The molecule has 0 atom stereocenters. The Morgan fingerprint density at radius 3 is 2.58 bits per heavy atom. The quantitative estimate of drug-likeness (QED) is 0.473. The minimum atomic E-state index is -0.691. The normalized spacial score (nSPS) is 12.6. The van der Waals surface area contributed by atoms with Gasteiger partial charge in [-0.25, -0.2) is 19.7 Å². The fourth-order valence-corrected chi connectivity index (χ4v) is 3.83. The van der Waals surface area contributed by atoms with E-state index in [4.69, 9.17) is 4.74 Å². The molecule has 0 bridgehead atoms. The highest BCUT2D eigenvalue weighted by Crippen LogP contribution is 2.26. The van der Waals surface area contributed by atoms with Crippen molar-refractivity contribution in [2.75, 3.05) is 19.0 Å². The number of hydrogen-bond donors (Lipinski definition) is 1. The minimum absolute atomic E-state index is 0.207. The van der Waals surface area contributed by atoms with Crippen molar-refractivity contribution in [1.82, 2.24) is 19.9 Å². The summed E-state index contributed by atoms with van der Waals surface area (Å²) >= 11 is 1.07. The van der Waals surface area contributed by atoms with Crippen LogP contribution < -0.4 is 5.32 Å². The van der Waals surface area contributed by atoms with Gasteiger partial charge in [0.1, 0.15) is 4.88 Å². The van der Waals surface area contributed by atoms with Crippen LogP contribution in [0.4, 0.5) is 5.69 Å². The van der Waals surface area contributed by atoms with Crippen molar-refractivity contribution in [1.29, 1.82) is 0 Å². The minimum Gasteiger partial charge on any atom is -0.451 e.